The zero-order valence-electron chi connectivity index (χ0n) is 11.5. The molecule has 0 fully saturated rings. The second kappa shape index (κ2) is 5.06. The number of hydrogen-bond donors (Lipinski definition) is 0. The van der Waals surface area contributed by atoms with E-state index >= 15 is 0 Å². The summed E-state index contributed by atoms with van der Waals surface area (Å²) in [5.41, 5.74) is 4.32. The van der Waals surface area contributed by atoms with E-state index in [0.717, 1.165) is 0 Å². The third-order valence-electron chi connectivity index (χ3n) is 3.87. The maximum absolute atomic E-state index is 2.53. The monoisotopic (exact) mass is 380 g/mol. The van der Waals surface area contributed by atoms with Crippen molar-refractivity contribution in [2.24, 2.45) is 0 Å². The third kappa shape index (κ3) is 2.09. The summed E-state index contributed by atoms with van der Waals surface area (Å²) in [5, 5.41) is 2.84. The summed E-state index contributed by atoms with van der Waals surface area (Å²) in [4.78, 5) is 0. The van der Waals surface area contributed by atoms with Gasteiger partial charge in [0, 0.05) is 23.7 Å². The molecule has 0 unspecified atom stereocenters. The number of rotatable bonds is 2. The molecule has 0 aliphatic heterocycles. The number of benzene rings is 2. The Kier molecular flexibility index (Phi) is 3.56. The molecule has 0 N–H and O–H groups in total. The number of aryl methyl sites for hydroxylation is 3. The minimum Gasteiger partial charge on any atom is -0.134 e. The molecule has 0 atom stereocenters. The maximum atomic E-state index is 2.53. The van der Waals surface area contributed by atoms with Crippen LogP contribution in [-0.4, -0.2) is 0 Å². The average molecular weight is 380 g/mol. The van der Waals surface area contributed by atoms with Gasteiger partial charge in [0.2, 0.25) is 0 Å². The fourth-order valence-electron chi connectivity index (χ4n) is 2.61. The molecule has 3 rings (SSSR count). The van der Waals surface area contributed by atoms with Crippen molar-refractivity contribution in [3.63, 3.8) is 0 Å². The highest BCUT2D eigenvalue weighted by molar-refractivity contribution is 14.1. The van der Waals surface area contributed by atoms with Gasteiger partial charge in [-0.2, -0.15) is 0 Å². The molecule has 2 aromatic carbocycles. The predicted octanol–water partition coefficient (Wildman–Crippen LogP) is 6.23. The maximum Gasteiger partial charge on any atom is 0.0491 e. The first kappa shape index (κ1) is 13.4. The van der Waals surface area contributed by atoms with Crippen molar-refractivity contribution in [2.75, 3.05) is 0 Å². The molecule has 0 saturated carbocycles. The minimum atomic E-state index is 1.18. The highest BCUT2D eigenvalue weighted by Crippen LogP contribution is 2.40. The van der Waals surface area contributed by atoms with Crippen LogP contribution >= 0.6 is 33.9 Å². The minimum absolute atomic E-state index is 1.18. The quantitative estimate of drug-likeness (QED) is 0.463. The lowest BCUT2D eigenvalue weighted by Gasteiger charge is -2.03. The van der Waals surface area contributed by atoms with Gasteiger partial charge in [0.1, 0.15) is 0 Å². The van der Waals surface area contributed by atoms with Gasteiger partial charge >= 0.3 is 0 Å². The van der Waals surface area contributed by atoms with Gasteiger partial charge in [-0.25, -0.2) is 0 Å². The van der Waals surface area contributed by atoms with Crippen molar-refractivity contribution in [1.29, 1.82) is 0 Å². The predicted molar refractivity (Wildman–Crippen MR) is 95.5 cm³/mol. The highest BCUT2D eigenvalue weighted by Gasteiger charge is 2.12. The average Bonchev–Trinajstić information content (AvgIpc) is 2.78. The van der Waals surface area contributed by atoms with E-state index in [1.807, 2.05) is 11.3 Å². The normalized spacial score (nSPS) is 11.6. The van der Waals surface area contributed by atoms with Crippen molar-refractivity contribution in [3.8, 4) is 0 Å². The molecule has 1 heterocycles. The Morgan fingerprint density at radius 3 is 2.42 bits per heavy atom. The van der Waals surface area contributed by atoms with Gasteiger partial charge in [-0.1, -0.05) is 37.6 Å². The van der Waals surface area contributed by atoms with Crippen molar-refractivity contribution in [3.05, 3.63) is 44.5 Å². The number of thiophene rings is 1. The Bertz CT molecular complexity index is 768. The van der Waals surface area contributed by atoms with Crippen LogP contribution in [0.1, 0.15) is 30.0 Å². The summed E-state index contributed by atoms with van der Waals surface area (Å²) >= 11 is 4.49. The highest BCUT2D eigenvalue weighted by atomic mass is 127. The van der Waals surface area contributed by atoms with Crippen molar-refractivity contribution in [2.45, 2.75) is 33.6 Å². The summed E-state index contributed by atoms with van der Waals surface area (Å²) < 4.78 is 4.38. The van der Waals surface area contributed by atoms with E-state index in [-0.39, 0.29) is 0 Å². The third-order valence-corrected chi connectivity index (χ3v) is 6.82. The molecule has 0 saturated heterocycles. The Hall–Kier alpha value is -0.610. The summed E-state index contributed by atoms with van der Waals surface area (Å²) in [6, 6.07) is 9.16. The zero-order valence-corrected chi connectivity index (χ0v) is 14.5. The number of halogens is 1. The molecule has 0 bridgehead atoms. The van der Waals surface area contributed by atoms with Gasteiger partial charge in [0.25, 0.3) is 0 Å². The van der Waals surface area contributed by atoms with Crippen LogP contribution in [0, 0.1) is 17.4 Å². The lowest BCUT2D eigenvalue weighted by molar-refractivity contribution is 0.919. The Morgan fingerprint density at radius 1 is 1.00 bits per heavy atom. The zero-order chi connectivity index (χ0) is 13.6. The SMILES string of the molecule is CCCc1ccc2c(sc3c(C)c(C)ccc32)c1I. The fraction of sp³-hybridized carbons (Fsp3) is 0.294. The van der Waals surface area contributed by atoms with E-state index in [4.69, 9.17) is 0 Å². The molecule has 19 heavy (non-hydrogen) atoms. The van der Waals surface area contributed by atoms with Crippen LogP contribution in [0.3, 0.4) is 0 Å². The summed E-state index contributed by atoms with van der Waals surface area (Å²) in [6.45, 7) is 6.69. The van der Waals surface area contributed by atoms with Gasteiger partial charge in [0.15, 0.2) is 0 Å². The number of hydrogen-bond acceptors (Lipinski definition) is 1. The van der Waals surface area contributed by atoms with E-state index in [2.05, 4.69) is 67.6 Å². The lowest BCUT2D eigenvalue weighted by Crippen LogP contribution is -1.87. The van der Waals surface area contributed by atoms with Crippen LogP contribution in [-0.2, 0) is 6.42 Å². The number of fused-ring (bicyclic) bond motifs is 3. The van der Waals surface area contributed by atoms with Gasteiger partial charge in [-0.05, 0) is 59.5 Å². The molecule has 0 nitrogen and oxygen atoms in total. The van der Waals surface area contributed by atoms with Gasteiger partial charge in [0.05, 0.1) is 0 Å². The molecule has 0 amide bonds. The van der Waals surface area contributed by atoms with Crippen molar-refractivity contribution in [1.82, 2.24) is 0 Å². The molecule has 3 aromatic rings. The molecule has 2 heteroatoms. The molecular formula is C17H17IS. The van der Waals surface area contributed by atoms with E-state index in [1.54, 1.807) is 0 Å². The van der Waals surface area contributed by atoms with Crippen LogP contribution < -0.4 is 0 Å². The molecule has 0 aliphatic rings. The summed E-state index contributed by atoms with van der Waals surface area (Å²) in [6.07, 6.45) is 2.39. The van der Waals surface area contributed by atoms with E-state index in [9.17, 15) is 0 Å². The van der Waals surface area contributed by atoms with Gasteiger partial charge < -0.3 is 0 Å². The Balaban J connectivity index is 2.39. The van der Waals surface area contributed by atoms with Crippen LogP contribution in [0.2, 0.25) is 0 Å². The van der Waals surface area contributed by atoms with E-state index in [0.29, 0.717) is 0 Å². The van der Waals surface area contributed by atoms with E-state index in [1.165, 1.54) is 53.3 Å². The topological polar surface area (TPSA) is 0 Å². The van der Waals surface area contributed by atoms with Crippen molar-refractivity contribution < 1.29 is 0 Å². The van der Waals surface area contributed by atoms with Crippen molar-refractivity contribution >= 4 is 54.1 Å². The lowest BCUT2D eigenvalue weighted by atomic mass is 10.0. The van der Waals surface area contributed by atoms with Gasteiger partial charge in [-0.3, -0.25) is 0 Å². The molecule has 98 valence electrons. The Morgan fingerprint density at radius 2 is 1.68 bits per heavy atom. The summed E-state index contributed by atoms with van der Waals surface area (Å²) in [7, 11) is 0. The molecular weight excluding hydrogens is 363 g/mol. The van der Waals surface area contributed by atoms with E-state index < -0.39 is 0 Å². The second-order valence-electron chi connectivity index (χ2n) is 5.15. The standard InChI is InChI=1S/C17H17IS/c1-4-5-12-7-9-14-13-8-6-10(2)11(3)16(13)19-17(14)15(12)18/h6-9H,4-5H2,1-3H3. The second-order valence-corrected chi connectivity index (χ2v) is 7.25. The van der Waals surface area contributed by atoms with Gasteiger partial charge in [-0.15, -0.1) is 11.3 Å². The Labute approximate surface area is 132 Å². The first-order valence-electron chi connectivity index (χ1n) is 6.73. The van der Waals surface area contributed by atoms with Crippen LogP contribution in [0.25, 0.3) is 20.2 Å². The van der Waals surface area contributed by atoms with Crippen LogP contribution in [0.4, 0.5) is 0 Å². The largest absolute Gasteiger partial charge is 0.134 e. The first-order valence-corrected chi connectivity index (χ1v) is 8.62. The summed E-state index contributed by atoms with van der Waals surface area (Å²) in [5.74, 6) is 0. The molecule has 0 aliphatic carbocycles. The molecule has 0 radical (unpaired) electrons. The molecule has 1 aromatic heterocycles. The molecule has 0 spiro atoms. The first-order chi connectivity index (χ1) is 9.13. The fourth-order valence-corrected chi connectivity index (χ4v) is 4.99. The van der Waals surface area contributed by atoms with Crippen LogP contribution in [0.15, 0.2) is 24.3 Å². The smallest absolute Gasteiger partial charge is 0.0491 e. The van der Waals surface area contributed by atoms with Crippen LogP contribution in [0.5, 0.6) is 0 Å².